The summed E-state index contributed by atoms with van der Waals surface area (Å²) in [6.45, 7) is 14.6. The molecule has 55 heavy (non-hydrogen) atoms. The van der Waals surface area contributed by atoms with E-state index in [1.165, 1.54) is 19.4 Å². The number of halogens is 1. The number of methoxy groups -OCH3 is 1. The number of amides is 2. The third kappa shape index (κ3) is 11.4. The first-order chi connectivity index (χ1) is 26.6. The number of nitrogens with one attached hydrogen (secondary N) is 2. The number of rotatable bonds is 18. The molecule has 4 aromatic rings. The van der Waals surface area contributed by atoms with Gasteiger partial charge in [-0.1, -0.05) is 24.3 Å². The Morgan fingerprint density at radius 3 is 2.35 bits per heavy atom. The predicted octanol–water partition coefficient (Wildman–Crippen LogP) is 7.24. The third-order valence-corrected chi connectivity index (χ3v) is 9.79. The minimum atomic E-state index is -0.520. The molecule has 2 amide bonds. The molecule has 2 N–H and O–H groups in total. The van der Waals surface area contributed by atoms with Crippen LogP contribution in [-0.2, 0) is 11.2 Å². The second kappa shape index (κ2) is 19.9. The molecule has 5 rings (SSSR count). The van der Waals surface area contributed by atoms with Gasteiger partial charge in [0.05, 0.1) is 13.7 Å². The first-order valence-corrected chi connectivity index (χ1v) is 19.1. The molecule has 13 heteroatoms. The molecule has 0 unspecified atom stereocenters. The molecule has 0 radical (unpaired) electrons. The van der Waals surface area contributed by atoms with E-state index in [1.807, 2.05) is 62.9 Å². The van der Waals surface area contributed by atoms with E-state index in [0.29, 0.717) is 61.8 Å². The van der Waals surface area contributed by atoms with Gasteiger partial charge >= 0.3 is 0 Å². The lowest BCUT2D eigenvalue weighted by molar-refractivity contribution is -0.130. The SMILES string of the molecule is CCN(CC)C(=O)CCCc1ccc(Oc2nc(Nc3ccc(OCCCN4CCN(C)CC4)c(F)c3)ncc2C(=O)Nc2c(C)cccc2C)c(OC)c1. The molecule has 1 saturated heterocycles. The Morgan fingerprint density at radius 1 is 0.927 bits per heavy atom. The highest BCUT2D eigenvalue weighted by Gasteiger charge is 2.21. The van der Waals surface area contributed by atoms with Gasteiger partial charge in [0.15, 0.2) is 23.1 Å². The minimum absolute atomic E-state index is 0.0297. The van der Waals surface area contributed by atoms with Crippen LogP contribution in [0.15, 0.2) is 60.8 Å². The molecule has 0 bridgehead atoms. The zero-order valence-electron chi connectivity index (χ0n) is 32.9. The van der Waals surface area contributed by atoms with Gasteiger partial charge in [-0.05, 0) is 95.0 Å². The van der Waals surface area contributed by atoms with E-state index in [-0.39, 0.29) is 29.0 Å². The van der Waals surface area contributed by atoms with Gasteiger partial charge < -0.3 is 39.5 Å². The van der Waals surface area contributed by atoms with Gasteiger partial charge in [-0.15, -0.1) is 0 Å². The van der Waals surface area contributed by atoms with Gasteiger partial charge in [0, 0.05) is 75.9 Å². The third-order valence-electron chi connectivity index (χ3n) is 9.79. The molecule has 0 saturated carbocycles. The number of benzene rings is 3. The van der Waals surface area contributed by atoms with Crippen LogP contribution in [0.5, 0.6) is 23.1 Å². The Morgan fingerprint density at radius 2 is 1.65 bits per heavy atom. The summed E-state index contributed by atoms with van der Waals surface area (Å²) in [7, 11) is 3.66. The van der Waals surface area contributed by atoms with Gasteiger partial charge in [-0.25, -0.2) is 9.37 Å². The second-order valence-corrected chi connectivity index (χ2v) is 13.8. The van der Waals surface area contributed by atoms with E-state index in [2.05, 4.69) is 37.4 Å². The van der Waals surface area contributed by atoms with Gasteiger partial charge in [-0.3, -0.25) is 9.59 Å². The van der Waals surface area contributed by atoms with Crippen LogP contribution in [0.1, 0.15) is 60.2 Å². The fraction of sp³-hybridized carbons (Fsp3) is 0.429. The molecular formula is C42H54FN7O5. The van der Waals surface area contributed by atoms with E-state index in [4.69, 9.17) is 14.2 Å². The van der Waals surface area contributed by atoms with E-state index < -0.39 is 11.7 Å². The highest BCUT2D eigenvalue weighted by atomic mass is 19.1. The first kappa shape index (κ1) is 40.9. The van der Waals surface area contributed by atoms with Crippen molar-refractivity contribution in [1.82, 2.24) is 24.7 Å². The molecule has 12 nitrogen and oxygen atoms in total. The fourth-order valence-corrected chi connectivity index (χ4v) is 6.45. The summed E-state index contributed by atoms with van der Waals surface area (Å²) in [4.78, 5) is 41.7. The van der Waals surface area contributed by atoms with Crippen molar-refractivity contribution in [2.24, 2.45) is 0 Å². The quantitative estimate of drug-likeness (QED) is 0.101. The highest BCUT2D eigenvalue weighted by Crippen LogP contribution is 2.35. The monoisotopic (exact) mass is 755 g/mol. The smallest absolute Gasteiger partial charge is 0.262 e. The zero-order valence-corrected chi connectivity index (χ0v) is 32.9. The maximum absolute atomic E-state index is 15.2. The largest absolute Gasteiger partial charge is 0.493 e. The zero-order chi connectivity index (χ0) is 39.3. The van der Waals surface area contributed by atoms with E-state index >= 15 is 4.39 Å². The summed E-state index contributed by atoms with van der Waals surface area (Å²) in [6, 6.07) is 15.8. The molecule has 1 fully saturated rings. The maximum Gasteiger partial charge on any atom is 0.262 e. The summed E-state index contributed by atoms with van der Waals surface area (Å²) in [5.74, 6) is 0.138. The van der Waals surface area contributed by atoms with E-state index in [0.717, 1.165) is 55.8 Å². The van der Waals surface area contributed by atoms with Crippen LogP contribution in [0.25, 0.3) is 0 Å². The number of hydrogen-bond donors (Lipinski definition) is 2. The van der Waals surface area contributed by atoms with Crippen molar-refractivity contribution in [2.45, 2.75) is 53.4 Å². The van der Waals surface area contributed by atoms with E-state index in [9.17, 15) is 9.59 Å². The minimum Gasteiger partial charge on any atom is -0.493 e. The van der Waals surface area contributed by atoms with Crippen molar-refractivity contribution in [3.8, 4) is 23.1 Å². The summed E-state index contributed by atoms with van der Waals surface area (Å²) in [6.07, 6.45) is 3.98. The Balaban J connectivity index is 1.31. The van der Waals surface area contributed by atoms with Gasteiger partial charge in [0.25, 0.3) is 5.91 Å². The summed E-state index contributed by atoms with van der Waals surface area (Å²) < 4.78 is 32.9. The van der Waals surface area contributed by atoms with Crippen LogP contribution >= 0.6 is 0 Å². The fourth-order valence-electron chi connectivity index (χ4n) is 6.45. The van der Waals surface area contributed by atoms with Gasteiger partial charge in [-0.2, -0.15) is 4.98 Å². The lowest BCUT2D eigenvalue weighted by Gasteiger charge is -2.32. The number of likely N-dealkylation sites (N-methyl/N-ethyl adjacent to an activating group) is 1. The number of aromatic nitrogens is 2. The van der Waals surface area contributed by atoms with Gasteiger partial charge in [0.1, 0.15) is 5.56 Å². The Kier molecular flexibility index (Phi) is 14.8. The van der Waals surface area contributed by atoms with Crippen LogP contribution < -0.4 is 24.8 Å². The summed E-state index contributed by atoms with van der Waals surface area (Å²) in [5, 5.41) is 6.01. The Labute approximate surface area is 324 Å². The maximum atomic E-state index is 15.2. The normalized spacial score (nSPS) is 13.3. The lowest BCUT2D eigenvalue weighted by Crippen LogP contribution is -2.44. The standard InChI is InChI=1S/C42H54FN7O5/c1-7-50(8-2)38(51)15-10-14-31-16-18-36(37(26-31)53-6)55-41-33(40(52)46-39-29(3)12-9-13-30(39)4)28-44-42(47-41)45-32-17-19-35(34(43)27-32)54-25-11-20-49-23-21-48(5)22-24-49/h9,12-13,16-19,26-28H,7-8,10-11,14-15,20-25H2,1-6H3,(H,46,52)(H,44,45,47). The summed E-state index contributed by atoms with van der Waals surface area (Å²) in [5.41, 5.74) is 3.92. The van der Waals surface area contributed by atoms with E-state index in [1.54, 1.807) is 18.2 Å². The molecule has 0 atom stereocenters. The van der Waals surface area contributed by atoms with Crippen molar-refractivity contribution in [3.63, 3.8) is 0 Å². The number of ether oxygens (including phenoxy) is 3. The molecule has 0 aliphatic carbocycles. The lowest BCUT2D eigenvalue weighted by atomic mass is 10.1. The topological polar surface area (TPSA) is 121 Å². The molecule has 2 heterocycles. The number of nitrogens with zero attached hydrogens (tertiary/aromatic N) is 5. The highest BCUT2D eigenvalue weighted by molar-refractivity contribution is 6.06. The number of piperazine rings is 1. The first-order valence-electron chi connectivity index (χ1n) is 19.1. The van der Waals surface area contributed by atoms with Crippen molar-refractivity contribution in [3.05, 3.63) is 88.9 Å². The number of aryl methyl sites for hydroxylation is 3. The van der Waals surface area contributed by atoms with Crippen LogP contribution in [0.2, 0.25) is 0 Å². The number of para-hydroxylation sites is 1. The molecular weight excluding hydrogens is 702 g/mol. The number of anilines is 3. The van der Waals surface area contributed by atoms with Crippen LogP contribution in [0, 0.1) is 19.7 Å². The summed E-state index contributed by atoms with van der Waals surface area (Å²) >= 11 is 0. The number of hydrogen-bond acceptors (Lipinski definition) is 10. The predicted molar refractivity (Wildman–Crippen MR) is 214 cm³/mol. The van der Waals surface area contributed by atoms with Gasteiger partial charge in [0.2, 0.25) is 17.7 Å². The molecule has 3 aromatic carbocycles. The number of carbonyl (C=O) groups excluding carboxylic acids is 2. The Hall–Kier alpha value is -5.27. The molecule has 294 valence electrons. The van der Waals surface area contributed by atoms with Crippen LogP contribution in [0.4, 0.5) is 21.7 Å². The molecule has 0 spiro atoms. The average molecular weight is 756 g/mol. The van der Waals surface area contributed by atoms with Crippen molar-refractivity contribution >= 4 is 29.1 Å². The van der Waals surface area contributed by atoms with Crippen molar-refractivity contribution in [1.29, 1.82) is 0 Å². The second-order valence-electron chi connectivity index (χ2n) is 13.8. The number of carbonyl (C=O) groups is 2. The average Bonchev–Trinajstić information content (AvgIpc) is 3.17. The van der Waals surface area contributed by atoms with Crippen LogP contribution in [0.3, 0.4) is 0 Å². The molecule has 1 aliphatic heterocycles. The molecule has 1 aliphatic rings. The molecule has 1 aromatic heterocycles. The van der Waals surface area contributed by atoms with Crippen molar-refractivity contribution < 1.29 is 28.2 Å². The van der Waals surface area contributed by atoms with Crippen molar-refractivity contribution in [2.75, 3.05) is 77.2 Å². The van der Waals surface area contributed by atoms with Crippen LogP contribution in [-0.4, -0.2) is 103 Å². The Bertz CT molecular complexity index is 1890.